The first kappa shape index (κ1) is 34.1. The minimum atomic E-state index is 0.465. The molecule has 0 saturated heterocycles. The highest BCUT2D eigenvalue weighted by Gasteiger charge is 2.23. The predicted molar refractivity (Wildman–Crippen MR) is 230 cm³/mol. The molecule has 0 radical (unpaired) electrons. The first-order valence-electron chi connectivity index (χ1n) is 18.8. The van der Waals surface area contributed by atoms with Crippen molar-refractivity contribution in [1.82, 2.24) is 24.1 Å². The molecule has 270 valence electrons. The van der Waals surface area contributed by atoms with Crippen molar-refractivity contribution in [3.63, 3.8) is 0 Å². The summed E-state index contributed by atoms with van der Waals surface area (Å²) in [5, 5.41) is 25.0. The highest BCUT2D eigenvalue weighted by atomic mass is 15.1. The fourth-order valence-corrected chi connectivity index (χ4v) is 8.29. The molecule has 0 aliphatic heterocycles. The van der Waals surface area contributed by atoms with Gasteiger partial charge in [0.15, 0.2) is 11.5 Å². The van der Waals surface area contributed by atoms with Gasteiger partial charge in [0, 0.05) is 27.1 Å². The molecule has 0 N–H and O–H groups in total. The van der Waals surface area contributed by atoms with Crippen LogP contribution in [0.5, 0.6) is 0 Å². The molecule has 58 heavy (non-hydrogen) atoms. The molecule has 0 saturated carbocycles. The predicted octanol–water partition coefficient (Wildman–Crippen LogP) is 12.0. The van der Waals surface area contributed by atoms with Crippen LogP contribution < -0.4 is 0 Å². The van der Waals surface area contributed by atoms with E-state index in [4.69, 9.17) is 16.5 Å². The SMILES string of the molecule is [C-]#[N+]c1cccc(-c2ccc3c4ccccc4n(-c4cc(C#N)c(-n5c6ccccc6c6ccc(-c7cccc(C#N)c7)cc65)cc4-c4nc(C)nc(C)n4)c3c2)c1. The Hall–Kier alpha value is -8.38. The van der Waals surface area contributed by atoms with Crippen LogP contribution in [0, 0.1) is 43.1 Å². The Bertz CT molecular complexity index is 3450. The van der Waals surface area contributed by atoms with Crippen molar-refractivity contribution in [2.45, 2.75) is 13.8 Å². The minimum absolute atomic E-state index is 0.465. The minimum Gasteiger partial charge on any atom is -0.308 e. The summed E-state index contributed by atoms with van der Waals surface area (Å²) in [7, 11) is 0. The second-order valence-corrected chi connectivity index (χ2v) is 14.3. The molecule has 0 unspecified atom stereocenters. The van der Waals surface area contributed by atoms with E-state index in [1.165, 1.54) is 0 Å². The van der Waals surface area contributed by atoms with E-state index >= 15 is 0 Å². The monoisotopic (exact) mass is 742 g/mol. The van der Waals surface area contributed by atoms with Crippen molar-refractivity contribution in [3.8, 4) is 57.2 Å². The van der Waals surface area contributed by atoms with Crippen LogP contribution >= 0.6 is 0 Å². The van der Waals surface area contributed by atoms with Crippen LogP contribution in [0.1, 0.15) is 22.8 Å². The molecular weight excluding hydrogens is 713 g/mol. The van der Waals surface area contributed by atoms with Gasteiger partial charge in [-0.3, -0.25) is 0 Å². The summed E-state index contributed by atoms with van der Waals surface area (Å²) in [6.07, 6.45) is 0. The summed E-state index contributed by atoms with van der Waals surface area (Å²) < 4.78 is 4.36. The molecule has 0 amide bonds. The van der Waals surface area contributed by atoms with Gasteiger partial charge in [0.1, 0.15) is 17.7 Å². The molecule has 0 fully saturated rings. The summed E-state index contributed by atoms with van der Waals surface area (Å²) in [4.78, 5) is 18.0. The number of benzene rings is 7. The second-order valence-electron chi connectivity index (χ2n) is 14.3. The van der Waals surface area contributed by atoms with Gasteiger partial charge in [-0.1, -0.05) is 91.0 Å². The van der Waals surface area contributed by atoms with E-state index in [9.17, 15) is 10.5 Å². The van der Waals surface area contributed by atoms with Crippen molar-refractivity contribution in [3.05, 3.63) is 180 Å². The largest absolute Gasteiger partial charge is 0.308 e. The summed E-state index contributed by atoms with van der Waals surface area (Å²) in [6, 6.07) is 53.3. The topological polar surface area (TPSA) is 100 Å². The molecule has 10 aromatic rings. The first-order valence-corrected chi connectivity index (χ1v) is 18.8. The molecule has 7 aromatic carbocycles. The van der Waals surface area contributed by atoms with Crippen molar-refractivity contribution >= 4 is 49.3 Å². The quantitative estimate of drug-likeness (QED) is 0.163. The Morgan fingerprint density at radius 3 is 1.66 bits per heavy atom. The number of rotatable bonds is 5. The molecule has 10 rings (SSSR count). The number of para-hydroxylation sites is 2. The van der Waals surface area contributed by atoms with Crippen molar-refractivity contribution in [2.24, 2.45) is 0 Å². The average molecular weight is 743 g/mol. The van der Waals surface area contributed by atoms with Gasteiger partial charge in [-0.2, -0.15) is 10.5 Å². The number of hydrogen-bond acceptors (Lipinski definition) is 5. The zero-order valence-electron chi connectivity index (χ0n) is 31.4. The van der Waals surface area contributed by atoms with Crippen molar-refractivity contribution in [2.75, 3.05) is 0 Å². The Morgan fingerprint density at radius 1 is 0.500 bits per heavy atom. The number of aryl methyl sites for hydroxylation is 2. The van der Waals surface area contributed by atoms with E-state index in [1.807, 2.05) is 92.7 Å². The van der Waals surface area contributed by atoms with Crippen LogP contribution in [-0.2, 0) is 0 Å². The van der Waals surface area contributed by atoms with Gasteiger partial charge in [-0.05, 0) is 90.7 Å². The number of fused-ring (bicyclic) bond motifs is 6. The number of nitrogens with zero attached hydrogens (tertiary/aromatic N) is 8. The zero-order valence-corrected chi connectivity index (χ0v) is 31.4. The summed E-state index contributed by atoms with van der Waals surface area (Å²) >= 11 is 0. The number of nitriles is 2. The van der Waals surface area contributed by atoms with Crippen LogP contribution in [0.25, 0.3) is 93.5 Å². The van der Waals surface area contributed by atoms with Gasteiger partial charge >= 0.3 is 0 Å². The normalized spacial score (nSPS) is 11.2. The first-order chi connectivity index (χ1) is 28.4. The molecule has 8 heteroatoms. The Morgan fingerprint density at radius 2 is 1.05 bits per heavy atom. The van der Waals surface area contributed by atoms with E-state index in [2.05, 4.69) is 91.8 Å². The standard InChI is InChI=1S/C50H30N8/c1-30-54-31(2)56-50(55-30)43-27-46(57-44-16-6-4-14-39(44)41-20-18-35(24-47(41)57)33-11-8-10-32(22-33)28-51)37(29-52)26-49(43)58-45-17-7-5-15-40(45)42-21-19-36(25-48(42)58)34-12-9-13-38(23-34)53-3/h4-27H,1-2H3. The van der Waals surface area contributed by atoms with Gasteiger partial charge in [0.2, 0.25) is 0 Å². The van der Waals surface area contributed by atoms with Crippen LogP contribution in [-0.4, -0.2) is 24.1 Å². The lowest BCUT2D eigenvalue weighted by Gasteiger charge is -2.18. The molecule has 0 spiro atoms. The van der Waals surface area contributed by atoms with Crippen molar-refractivity contribution in [1.29, 1.82) is 10.5 Å². The van der Waals surface area contributed by atoms with Gasteiger partial charge < -0.3 is 9.13 Å². The maximum absolute atomic E-state index is 11.1. The average Bonchev–Trinajstić information content (AvgIpc) is 3.77. The third kappa shape index (κ3) is 5.46. The fraction of sp³-hybridized carbons (Fsp3) is 0.0400. The van der Waals surface area contributed by atoms with E-state index < -0.39 is 0 Å². The van der Waals surface area contributed by atoms with Crippen molar-refractivity contribution < 1.29 is 0 Å². The van der Waals surface area contributed by atoms with E-state index in [0.29, 0.717) is 40.0 Å². The molecule has 0 atom stereocenters. The Kier molecular flexibility index (Phi) is 7.90. The lowest BCUT2D eigenvalue weighted by atomic mass is 10.0. The van der Waals surface area contributed by atoms with Gasteiger partial charge in [0.25, 0.3) is 0 Å². The third-order valence-electron chi connectivity index (χ3n) is 10.8. The maximum Gasteiger partial charge on any atom is 0.187 e. The Balaban J connectivity index is 1.31. The smallest absolute Gasteiger partial charge is 0.187 e. The highest BCUT2D eigenvalue weighted by Crippen LogP contribution is 2.42. The van der Waals surface area contributed by atoms with E-state index in [0.717, 1.165) is 77.1 Å². The van der Waals surface area contributed by atoms with E-state index in [-0.39, 0.29) is 0 Å². The molecular formula is C50H30N8. The molecule has 0 aliphatic rings. The van der Waals surface area contributed by atoms with Crippen LogP contribution in [0.2, 0.25) is 0 Å². The summed E-state index contributed by atoms with van der Waals surface area (Å²) in [5.41, 5.74) is 11.3. The second kappa shape index (κ2) is 13.4. The molecule has 0 bridgehead atoms. The van der Waals surface area contributed by atoms with Gasteiger partial charge in [-0.15, -0.1) is 0 Å². The summed E-state index contributed by atoms with van der Waals surface area (Å²) in [5.74, 6) is 1.67. The highest BCUT2D eigenvalue weighted by molar-refractivity contribution is 6.12. The third-order valence-corrected chi connectivity index (χ3v) is 10.8. The van der Waals surface area contributed by atoms with Gasteiger partial charge in [-0.25, -0.2) is 19.8 Å². The Labute approximate surface area is 333 Å². The molecule has 3 heterocycles. The van der Waals surface area contributed by atoms with Gasteiger partial charge in [0.05, 0.1) is 57.2 Å². The molecule has 0 aliphatic carbocycles. The maximum atomic E-state index is 11.1. The number of hydrogen-bond donors (Lipinski definition) is 0. The van der Waals surface area contributed by atoms with Crippen LogP contribution in [0.15, 0.2) is 146 Å². The molecule has 3 aromatic heterocycles. The van der Waals surface area contributed by atoms with Crippen LogP contribution in [0.4, 0.5) is 5.69 Å². The number of aromatic nitrogens is 5. The molecule has 8 nitrogen and oxygen atoms in total. The van der Waals surface area contributed by atoms with Crippen LogP contribution in [0.3, 0.4) is 0 Å². The lowest BCUT2D eigenvalue weighted by Crippen LogP contribution is -2.07. The lowest BCUT2D eigenvalue weighted by molar-refractivity contribution is 0.926. The van der Waals surface area contributed by atoms with E-state index in [1.54, 1.807) is 6.07 Å². The fourth-order valence-electron chi connectivity index (χ4n) is 8.29. The summed E-state index contributed by atoms with van der Waals surface area (Å²) in [6.45, 7) is 11.3. The zero-order chi connectivity index (χ0) is 39.5.